The van der Waals surface area contributed by atoms with Crippen LogP contribution in [0.15, 0.2) is 30.3 Å². The Morgan fingerprint density at radius 3 is 2.53 bits per heavy atom. The Bertz CT molecular complexity index is 368. The Morgan fingerprint density at radius 2 is 1.94 bits per heavy atom. The summed E-state index contributed by atoms with van der Waals surface area (Å²) in [5.74, 6) is 0.916. The summed E-state index contributed by atoms with van der Waals surface area (Å²) in [5.41, 5.74) is 1.19. The minimum Gasteiger partial charge on any atom is -0.388 e. The van der Waals surface area contributed by atoms with Crippen LogP contribution in [0.25, 0.3) is 0 Å². The van der Waals surface area contributed by atoms with Gasteiger partial charge in [0.1, 0.15) is 0 Å². The van der Waals surface area contributed by atoms with Crippen molar-refractivity contribution in [2.24, 2.45) is 11.3 Å². The minimum atomic E-state index is -0.296. The van der Waals surface area contributed by atoms with Gasteiger partial charge in [-0.2, -0.15) is 0 Å². The lowest BCUT2D eigenvalue weighted by Gasteiger charge is -2.23. The van der Waals surface area contributed by atoms with Crippen molar-refractivity contribution in [2.45, 2.75) is 31.8 Å². The largest absolute Gasteiger partial charge is 0.388 e. The van der Waals surface area contributed by atoms with E-state index < -0.39 is 0 Å². The van der Waals surface area contributed by atoms with Gasteiger partial charge in [-0.1, -0.05) is 30.3 Å². The Morgan fingerprint density at radius 1 is 1.24 bits per heavy atom. The van der Waals surface area contributed by atoms with Crippen molar-refractivity contribution in [3.63, 3.8) is 0 Å². The van der Waals surface area contributed by atoms with Crippen LogP contribution in [0.1, 0.15) is 37.4 Å². The van der Waals surface area contributed by atoms with Crippen LogP contribution in [0.3, 0.4) is 0 Å². The zero-order valence-electron chi connectivity index (χ0n) is 10.2. The Hall–Kier alpha value is -0.860. The number of aliphatic hydroxyl groups excluding tert-OH is 1. The second kappa shape index (κ2) is 4.43. The molecule has 1 aromatic carbocycles. The highest BCUT2D eigenvalue weighted by Gasteiger charge is 2.49. The molecule has 0 aromatic heterocycles. The molecule has 2 fully saturated rings. The van der Waals surface area contributed by atoms with E-state index in [1.807, 2.05) is 30.3 Å². The highest BCUT2D eigenvalue weighted by atomic mass is 16.3. The quantitative estimate of drug-likeness (QED) is 0.788. The summed E-state index contributed by atoms with van der Waals surface area (Å²) in [7, 11) is 0. The van der Waals surface area contributed by atoms with Gasteiger partial charge in [0, 0.05) is 12.0 Å². The number of rotatable bonds is 6. The highest BCUT2D eigenvalue weighted by Crippen LogP contribution is 2.54. The number of aliphatic hydroxyl groups is 1. The fourth-order valence-electron chi connectivity index (χ4n) is 2.54. The van der Waals surface area contributed by atoms with Gasteiger partial charge in [0.25, 0.3) is 0 Å². The molecule has 1 unspecified atom stereocenters. The first-order chi connectivity index (χ1) is 8.30. The molecule has 1 atom stereocenters. The molecule has 0 spiro atoms. The standard InChI is InChI=1S/C15H21NO/c17-14(13-4-2-1-3-5-13)15(8-9-15)11-16-10-12-6-7-12/h1-5,12,14,16-17H,6-11H2. The molecule has 2 saturated carbocycles. The van der Waals surface area contributed by atoms with E-state index in [9.17, 15) is 5.11 Å². The summed E-state index contributed by atoms with van der Waals surface area (Å²) < 4.78 is 0. The van der Waals surface area contributed by atoms with Crippen LogP contribution in [0, 0.1) is 11.3 Å². The van der Waals surface area contributed by atoms with Crippen molar-refractivity contribution in [3.05, 3.63) is 35.9 Å². The summed E-state index contributed by atoms with van der Waals surface area (Å²) in [4.78, 5) is 0. The van der Waals surface area contributed by atoms with Crippen LogP contribution >= 0.6 is 0 Å². The van der Waals surface area contributed by atoms with Gasteiger partial charge >= 0.3 is 0 Å². The molecule has 0 radical (unpaired) electrons. The number of nitrogens with one attached hydrogen (secondary N) is 1. The average Bonchev–Trinajstić information content (AvgIpc) is 3.24. The maximum absolute atomic E-state index is 10.5. The topological polar surface area (TPSA) is 32.3 Å². The van der Waals surface area contributed by atoms with Gasteiger partial charge in [0.2, 0.25) is 0 Å². The lowest BCUT2D eigenvalue weighted by Crippen LogP contribution is -2.30. The van der Waals surface area contributed by atoms with Crippen molar-refractivity contribution < 1.29 is 5.11 Å². The molecule has 17 heavy (non-hydrogen) atoms. The SMILES string of the molecule is OC(c1ccccc1)C1(CNCC2CC2)CC1. The van der Waals surface area contributed by atoms with Crippen molar-refractivity contribution in [1.29, 1.82) is 0 Å². The molecular formula is C15H21NO. The third-order valence-electron chi connectivity index (χ3n) is 4.19. The fraction of sp³-hybridized carbons (Fsp3) is 0.600. The van der Waals surface area contributed by atoms with Crippen molar-refractivity contribution >= 4 is 0 Å². The number of benzene rings is 1. The molecule has 2 N–H and O–H groups in total. The first-order valence-corrected chi connectivity index (χ1v) is 6.74. The first-order valence-electron chi connectivity index (χ1n) is 6.74. The van der Waals surface area contributed by atoms with Gasteiger partial charge in [-0.3, -0.25) is 0 Å². The van der Waals surface area contributed by atoms with Crippen LogP contribution in [0.4, 0.5) is 0 Å². The van der Waals surface area contributed by atoms with E-state index in [1.54, 1.807) is 0 Å². The molecule has 0 bridgehead atoms. The molecule has 1 aromatic rings. The molecular weight excluding hydrogens is 210 g/mol. The van der Waals surface area contributed by atoms with Gasteiger partial charge < -0.3 is 10.4 Å². The van der Waals surface area contributed by atoms with E-state index in [2.05, 4.69) is 5.32 Å². The zero-order chi connectivity index (χ0) is 11.7. The van der Waals surface area contributed by atoms with E-state index in [0.29, 0.717) is 0 Å². The summed E-state index contributed by atoms with van der Waals surface area (Å²) >= 11 is 0. The van der Waals surface area contributed by atoms with Crippen LogP contribution < -0.4 is 5.32 Å². The molecule has 0 saturated heterocycles. The zero-order valence-corrected chi connectivity index (χ0v) is 10.2. The van der Waals surface area contributed by atoms with Gasteiger partial charge in [-0.15, -0.1) is 0 Å². The second-order valence-corrected chi connectivity index (χ2v) is 5.75. The highest BCUT2D eigenvalue weighted by molar-refractivity contribution is 5.22. The number of hydrogen-bond acceptors (Lipinski definition) is 2. The first kappa shape index (κ1) is 11.2. The predicted molar refractivity (Wildman–Crippen MR) is 68.7 cm³/mol. The van der Waals surface area contributed by atoms with Crippen molar-refractivity contribution in [1.82, 2.24) is 5.32 Å². The molecule has 0 amide bonds. The van der Waals surface area contributed by atoms with Crippen molar-refractivity contribution in [3.8, 4) is 0 Å². The Labute approximate surface area is 103 Å². The molecule has 2 aliphatic rings. The maximum atomic E-state index is 10.5. The molecule has 2 nitrogen and oxygen atoms in total. The molecule has 2 heteroatoms. The molecule has 3 rings (SSSR count). The molecule has 2 aliphatic carbocycles. The Kier molecular flexibility index (Phi) is 2.93. The molecule has 0 aliphatic heterocycles. The van der Waals surface area contributed by atoms with E-state index in [1.165, 1.54) is 12.8 Å². The summed E-state index contributed by atoms with van der Waals surface area (Å²) in [5, 5.41) is 14.0. The van der Waals surface area contributed by atoms with Crippen LogP contribution in [0.2, 0.25) is 0 Å². The third-order valence-corrected chi connectivity index (χ3v) is 4.19. The smallest absolute Gasteiger partial charge is 0.0858 e. The van der Waals surface area contributed by atoms with Crippen LogP contribution in [0.5, 0.6) is 0 Å². The second-order valence-electron chi connectivity index (χ2n) is 5.75. The third kappa shape index (κ3) is 2.53. The summed E-state index contributed by atoms with van der Waals surface area (Å²) in [6.07, 6.45) is 4.79. The summed E-state index contributed by atoms with van der Waals surface area (Å²) in [6, 6.07) is 10.1. The van der Waals surface area contributed by atoms with Crippen LogP contribution in [-0.2, 0) is 0 Å². The molecule has 0 heterocycles. The monoisotopic (exact) mass is 231 g/mol. The van der Waals surface area contributed by atoms with E-state index in [4.69, 9.17) is 0 Å². The lowest BCUT2D eigenvalue weighted by atomic mass is 9.92. The van der Waals surface area contributed by atoms with E-state index in [-0.39, 0.29) is 11.5 Å². The molecule has 92 valence electrons. The van der Waals surface area contributed by atoms with E-state index >= 15 is 0 Å². The number of hydrogen-bond donors (Lipinski definition) is 2. The van der Waals surface area contributed by atoms with Gasteiger partial charge in [-0.05, 0) is 43.7 Å². The van der Waals surface area contributed by atoms with Gasteiger partial charge in [-0.25, -0.2) is 0 Å². The minimum absolute atomic E-state index is 0.121. The van der Waals surface area contributed by atoms with Gasteiger partial charge in [0.05, 0.1) is 6.10 Å². The summed E-state index contributed by atoms with van der Waals surface area (Å²) in [6.45, 7) is 2.11. The van der Waals surface area contributed by atoms with Crippen molar-refractivity contribution in [2.75, 3.05) is 13.1 Å². The predicted octanol–water partition coefficient (Wildman–Crippen LogP) is 2.50. The van der Waals surface area contributed by atoms with E-state index in [0.717, 1.165) is 37.4 Å². The fourth-order valence-corrected chi connectivity index (χ4v) is 2.54. The normalized spacial score (nSPS) is 23.4. The Balaban J connectivity index is 1.58. The maximum Gasteiger partial charge on any atom is 0.0858 e. The average molecular weight is 231 g/mol. The lowest BCUT2D eigenvalue weighted by molar-refractivity contribution is 0.0918. The van der Waals surface area contributed by atoms with Gasteiger partial charge in [0.15, 0.2) is 0 Å². The van der Waals surface area contributed by atoms with Crippen LogP contribution in [-0.4, -0.2) is 18.2 Å².